The second kappa shape index (κ2) is 7.35. The van der Waals surface area contributed by atoms with Crippen LogP contribution in [0.25, 0.3) is 10.5 Å². The van der Waals surface area contributed by atoms with Gasteiger partial charge in [0.2, 0.25) is 0 Å². The van der Waals surface area contributed by atoms with Crippen molar-refractivity contribution in [2.75, 3.05) is 13.4 Å². The second-order valence-electron chi connectivity index (χ2n) is 4.23. The Balaban J connectivity index is 2.67. The van der Waals surface area contributed by atoms with E-state index < -0.39 is 0 Å². The molecule has 0 aliphatic heterocycles. The van der Waals surface area contributed by atoms with Crippen LogP contribution in [0, 0.1) is 11.3 Å². The fourth-order valence-corrected chi connectivity index (χ4v) is 3.19. The van der Waals surface area contributed by atoms with Gasteiger partial charge in [-0.2, -0.15) is 5.26 Å². The van der Waals surface area contributed by atoms with Gasteiger partial charge in [0.25, 0.3) is 0 Å². The molecule has 106 valence electrons. The summed E-state index contributed by atoms with van der Waals surface area (Å²) in [6, 6.07) is 17.9. The maximum atomic E-state index is 9.65. The maximum Gasteiger partial charge on any atom is 0.119 e. The fraction of sp³-hybridized carbons (Fsp3) is 0.118. The van der Waals surface area contributed by atoms with Crippen LogP contribution in [0.1, 0.15) is 11.1 Å². The summed E-state index contributed by atoms with van der Waals surface area (Å²) < 4.78 is 6.14. The Hall–Kier alpha value is -1.70. The van der Waals surface area contributed by atoms with Crippen LogP contribution in [0.2, 0.25) is 0 Å². The number of benzene rings is 2. The van der Waals surface area contributed by atoms with Crippen molar-refractivity contribution in [1.29, 1.82) is 5.26 Å². The van der Waals surface area contributed by atoms with Gasteiger partial charge in [-0.05, 0) is 30.0 Å². The highest BCUT2D eigenvalue weighted by atomic mass is 79.9. The number of hydrogen-bond acceptors (Lipinski definition) is 3. The van der Waals surface area contributed by atoms with Gasteiger partial charge in [0, 0.05) is 14.9 Å². The van der Waals surface area contributed by atoms with Crippen molar-refractivity contribution < 1.29 is 4.74 Å². The van der Waals surface area contributed by atoms with Gasteiger partial charge in [-0.15, -0.1) is 11.8 Å². The summed E-state index contributed by atoms with van der Waals surface area (Å²) in [7, 11) is 1.62. The number of nitrogens with zero attached hydrogens (tertiary/aromatic N) is 1. The van der Waals surface area contributed by atoms with Gasteiger partial charge in [0.15, 0.2) is 0 Å². The smallest absolute Gasteiger partial charge is 0.119 e. The first-order valence-electron chi connectivity index (χ1n) is 6.29. The summed E-state index contributed by atoms with van der Waals surface area (Å²) in [5.41, 5.74) is 2.51. The maximum absolute atomic E-state index is 9.65. The predicted octanol–water partition coefficient (Wildman–Crippen LogP) is 5.21. The molecular weight excluding hydrogens is 346 g/mol. The molecule has 0 saturated heterocycles. The largest absolute Gasteiger partial charge is 0.497 e. The molecule has 0 aromatic heterocycles. The Morgan fingerprint density at radius 3 is 2.48 bits per heavy atom. The van der Waals surface area contributed by atoms with E-state index in [4.69, 9.17) is 4.74 Å². The van der Waals surface area contributed by atoms with Gasteiger partial charge in [-0.25, -0.2) is 0 Å². The lowest BCUT2D eigenvalue weighted by Gasteiger charge is -2.11. The molecule has 2 rings (SSSR count). The summed E-state index contributed by atoms with van der Waals surface area (Å²) in [6.07, 6.45) is 1.98. The topological polar surface area (TPSA) is 33.0 Å². The number of allylic oxidation sites excluding steroid dienone is 1. The second-order valence-corrected chi connectivity index (χ2v) is 5.90. The molecule has 0 spiro atoms. The van der Waals surface area contributed by atoms with Gasteiger partial charge in [-0.1, -0.05) is 46.3 Å². The van der Waals surface area contributed by atoms with E-state index in [-0.39, 0.29) is 0 Å². The SMILES string of the molecule is COc1ccc(Br)c(/C(C#N)=C(/SC)c2ccccc2)c1. The third-order valence-corrected chi connectivity index (χ3v) is 4.56. The Morgan fingerprint density at radius 1 is 1.19 bits per heavy atom. The molecule has 0 fully saturated rings. The minimum absolute atomic E-state index is 0.638. The number of halogens is 1. The molecule has 2 nitrogen and oxygen atoms in total. The highest BCUT2D eigenvalue weighted by Gasteiger charge is 2.14. The summed E-state index contributed by atoms with van der Waals surface area (Å²) in [6.45, 7) is 0. The van der Waals surface area contributed by atoms with Crippen LogP contribution in [0.15, 0.2) is 53.0 Å². The van der Waals surface area contributed by atoms with Crippen LogP contribution < -0.4 is 4.74 Å². The molecule has 4 heteroatoms. The van der Waals surface area contributed by atoms with Crippen LogP contribution in [0.3, 0.4) is 0 Å². The van der Waals surface area contributed by atoms with Crippen LogP contribution in [0.5, 0.6) is 5.75 Å². The van der Waals surface area contributed by atoms with Gasteiger partial charge < -0.3 is 4.74 Å². The molecule has 0 heterocycles. The Labute approximate surface area is 137 Å². The summed E-state index contributed by atoms with van der Waals surface area (Å²) in [5.74, 6) is 0.731. The lowest BCUT2D eigenvalue weighted by Crippen LogP contribution is -1.91. The number of ether oxygens (including phenoxy) is 1. The first-order valence-corrected chi connectivity index (χ1v) is 8.30. The first kappa shape index (κ1) is 15.7. The molecule has 0 aliphatic rings. The van der Waals surface area contributed by atoms with Crippen molar-refractivity contribution in [3.05, 3.63) is 64.1 Å². The minimum Gasteiger partial charge on any atom is -0.497 e. The molecular formula is C17H14BrNOS. The summed E-state index contributed by atoms with van der Waals surface area (Å²) in [4.78, 5) is 0.951. The summed E-state index contributed by atoms with van der Waals surface area (Å²) in [5, 5.41) is 9.65. The van der Waals surface area contributed by atoms with Crippen molar-refractivity contribution in [1.82, 2.24) is 0 Å². The monoisotopic (exact) mass is 359 g/mol. The molecule has 0 N–H and O–H groups in total. The molecule has 0 atom stereocenters. The molecule has 2 aromatic carbocycles. The lowest BCUT2D eigenvalue weighted by molar-refractivity contribution is 0.414. The average molecular weight is 360 g/mol. The van der Waals surface area contributed by atoms with Crippen molar-refractivity contribution in [2.24, 2.45) is 0 Å². The molecule has 0 saturated carbocycles. The summed E-state index contributed by atoms with van der Waals surface area (Å²) >= 11 is 5.09. The van der Waals surface area contributed by atoms with Gasteiger partial charge in [0.1, 0.15) is 11.8 Å². The van der Waals surface area contributed by atoms with Crippen molar-refractivity contribution in [3.63, 3.8) is 0 Å². The van der Waals surface area contributed by atoms with E-state index >= 15 is 0 Å². The highest BCUT2D eigenvalue weighted by molar-refractivity contribution is 9.10. The lowest BCUT2D eigenvalue weighted by atomic mass is 10.0. The Kier molecular flexibility index (Phi) is 5.49. The molecule has 0 amide bonds. The van der Waals surface area contributed by atoms with E-state index in [1.54, 1.807) is 18.9 Å². The van der Waals surface area contributed by atoms with E-state index in [1.165, 1.54) is 0 Å². The number of nitriles is 1. The van der Waals surface area contributed by atoms with Crippen LogP contribution in [-0.2, 0) is 0 Å². The van der Waals surface area contributed by atoms with Crippen molar-refractivity contribution in [2.45, 2.75) is 0 Å². The molecule has 0 unspecified atom stereocenters. The van der Waals surface area contributed by atoms with Crippen LogP contribution >= 0.6 is 27.7 Å². The number of hydrogen-bond donors (Lipinski definition) is 0. The van der Waals surface area contributed by atoms with E-state index in [1.807, 2.05) is 54.8 Å². The van der Waals surface area contributed by atoms with Gasteiger partial charge in [0.05, 0.1) is 12.7 Å². The van der Waals surface area contributed by atoms with Gasteiger partial charge >= 0.3 is 0 Å². The molecule has 21 heavy (non-hydrogen) atoms. The van der Waals surface area contributed by atoms with E-state index in [0.717, 1.165) is 26.3 Å². The Morgan fingerprint density at radius 2 is 1.90 bits per heavy atom. The predicted molar refractivity (Wildman–Crippen MR) is 93.1 cm³/mol. The van der Waals surface area contributed by atoms with Crippen LogP contribution in [-0.4, -0.2) is 13.4 Å². The standard InChI is InChI=1S/C17H14BrNOS/c1-20-13-8-9-16(18)14(10-13)15(11-19)17(21-2)12-6-4-3-5-7-12/h3-10H,1-2H3/b17-15+. The average Bonchev–Trinajstić information content (AvgIpc) is 2.54. The van der Waals surface area contributed by atoms with E-state index in [0.29, 0.717) is 5.57 Å². The fourth-order valence-electron chi connectivity index (χ4n) is 2.01. The van der Waals surface area contributed by atoms with Gasteiger partial charge in [-0.3, -0.25) is 0 Å². The zero-order valence-electron chi connectivity index (χ0n) is 11.8. The minimum atomic E-state index is 0.638. The Bertz CT molecular complexity index is 704. The van der Waals surface area contributed by atoms with Crippen LogP contribution in [0.4, 0.5) is 0 Å². The zero-order valence-corrected chi connectivity index (χ0v) is 14.2. The molecule has 0 radical (unpaired) electrons. The van der Waals surface area contributed by atoms with E-state index in [9.17, 15) is 5.26 Å². The third kappa shape index (κ3) is 3.49. The van der Waals surface area contributed by atoms with E-state index in [2.05, 4.69) is 22.0 Å². The molecule has 0 aliphatic carbocycles. The normalized spacial score (nSPS) is 11.5. The third-order valence-electron chi connectivity index (χ3n) is 3.02. The quantitative estimate of drug-likeness (QED) is 0.554. The highest BCUT2D eigenvalue weighted by Crippen LogP contribution is 2.37. The number of rotatable bonds is 4. The molecule has 0 bridgehead atoms. The van der Waals surface area contributed by atoms with Crippen molar-refractivity contribution >= 4 is 38.2 Å². The zero-order chi connectivity index (χ0) is 15.2. The number of methoxy groups -OCH3 is 1. The first-order chi connectivity index (χ1) is 10.2. The van der Waals surface area contributed by atoms with Crippen molar-refractivity contribution in [3.8, 4) is 11.8 Å². The molecule has 2 aromatic rings. The number of thioether (sulfide) groups is 1.